The highest BCUT2D eigenvalue weighted by molar-refractivity contribution is 7.10. The van der Waals surface area contributed by atoms with Gasteiger partial charge in [0.15, 0.2) is 0 Å². The second-order valence-corrected chi connectivity index (χ2v) is 6.10. The van der Waals surface area contributed by atoms with Crippen LogP contribution >= 0.6 is 11.3 Å². The van der Waals surface area contributed by atoms with E-state index in [1.165, 1.54) is 4.88 Å². The van der Waals surface area contributed by atoms with Gasteiger partial charge in [0.1, 0.15) is 6.17 Å². The fourth-order valence-electron chi connectivity index (χ4n) is 2.29. The summed E-state index contributed by atoms with van der Waals surface area (Å²) in [7, 11) is 2.13. The lowest BCUT2D eigenvalue weighted by molar-refractivity contribution is -0.128. The van der Waals surface area contributed by atoms with E-state index in [9.17, 15) is 4.79 Å². The van der Waals surface area contributed by atoms with Crippen molar-refractivity contribution in [3.8, 4) is 0 Å². The molecule has 0 aliphatic carbocycles. The van der Waals surface area contributed by atoms with E-state index in [0.29, 0.717) is 12.6 Å². The van der Waals surface area contributed by atoms with Crippen LogP contribution in [0.1, 0.15) is 31.3 Å². The molecule has 19 heavy (non-hydrogen) atoms. The molecule has 2 heterocycles. The van der Waals surface area contributed by atoms with Crippen LogP contribution in [0.25, 0.3) is 0 Å². The van der Waals surface area contributed by atoms with Gasteiger partial charge < -0.3 is 9.80 Å². The minimum Gasteiger partial charge on any atom is -0.320 e. The molecule has 4 nitrogen and oxygen atoms in total. The number of carbonyl (C=O) groups is 1. The molecule has 1 aromatic heterocycles. The highest BCUT2D eigenvalue weighted by Crippen LogP contribution is 2.25. The number of rotatable bonds is 6. The van der Waals surface area contributed by atoms with Crippen molar-refractivity contribution in [2.75, 3.05) is 26.7 Å². The van der Waals surface area contributed by atoms with Crippen LogP contribution in [-0.2, 0) is 4.79 Å². The van der Waals surface area contributed by atoms with Gasteiger partial charge in [-0.25, -0.2) is 0 Å². The highest BCUT2D eigenvalue weighted by Gasteiger charge is 2.31. The van der Waals surface area contributed by atoms with Crippen LogP contribution in [0.5, 0.6) is 0 Å². The molecule has 1 saturated heterocycles. The molecule has 2 rings (SSSR count). The maximum Gasteiger partial charge on any atom is 0.238 e. The van der Waals surface area contributed by atoms with Gasteiger partial charge in [0, 0.05) is 24.0 Å². The smallest absolute Gasteiger partial charge is 0.238 e. The van der Waals surface area contributed by atoms with Gasteiger partial charge in [-0.1, -0.05) is 13.0 Å². The van der Waals surface area contributed by atoms with Crippen molar-refractivity contribution in [2.45, 2.75) is 32.5 Å². The monoisotopic (exact) mass is 281 g/mol. The van der Waals surface area contributed by atoms with Crippen molar-refractivity contribution < 1.29 is 4.79 Å². The summed E-state index contributed by atoms with van der Waals surface area (Å²) in [6.45, 7) is 6.58. The van der Waals surface area contributed by atoms with Crippen molar-refractivity contribution in [1.82, 2.24) is 15.1 Å². The second kappa shape index (κ2) is 6.50. The maximum absolute atomic E-state index is 12.0. The summed E-state index contributed by atoms with van der Waals surface area (Å²) in [4.78, 5) is 17.5. The molecule has 0 spiro atoms. The van der Waals surface area contributed by atoms with Crippen LogP contribution in [0, 0.1) is 0 Å². The van der Waals surface area contributed by atoms with Crippen LogP contribution in [-0.4, -0.2) is 48.4 Å². The summed E-state index contributed by atoms with van der Waals surface area (Å²) in [6.07, 6.45) is 1.20. The topological polar surface area (TPSA) is 35.6 Å². The lowest BCUT2D eigenvalue weighted by Gasteiger charge is -2.29. The first-order chi connectivity index (χ1) is 9.13. The Labute approximate surface area is 119 Å². The number of likely N-dealkylation sites (N-methyl/N-ethyl adjacent to an activating group) is 1. The predicted octanol–water partition coefficient (Wildman–Crippen LogP) is 1.91. The zero-order chi connectivity index (χ0) is 13.8. The summed E-state index contributed by atoms with van der Waals surface area (Å²) in [5.41, 5.74) is 0. The third-order valence-corrected chi connectivity index (χ3v) is 4.85. The Balaban J connectivity index is 1.95. The number of nitrogens with one attached hydrogen (secondary N) is 1. The van der Waals surface area contributed by atoms with Gasteiger partial charge in [0.2, 0.25) is 5.91 Å². The normalized spacial score (nSPS) is 21.4. The number of nitrogens with zero attached hydrogens (tertiary/aromatic N) is 2. The number of hydrogen-bond acceptors (Lipinski definition) is 4. The number of amides is 1. The predicted molar refractivity (Wildman–Crippen MR) is 79.2 cm³/mol. The highest BCUT2D eigenvalue weighted by atomic mass is 32.1. The van der Waals surface area contributed by atoms with Gasteiger partial charge in [0.05, 0.1) is 6.54 Å². The van der Waals surface area contributed by atoms with Crippen molar-refractivity contribution in [2.24, 2.45) is 0 Å². The van der Waals surface area contributed by atoms with E-state index >= 15 is 0 Å². The SMILES string of the molecule is CCC(C)N(C)CCN1C(=O)CNC1c1cccs1. The average molecular weight is 281 g/mol. The van der Waals surface area contributed by atoms with Crippen molar-refractivity contribution in [1.29, 1.82) is 0 Å². The van der Waals surface area contributed by atoms with Crippen molar-refractivity contribution >= 4 is 17.2 Å². The summed E-state index contributed by atoms with van der Waals surface area (Å²) < 4.78 is 0. The molecule has 106 valence electrons. The third kappa shape index (κ3) is 3.35. The Hall–Kier alpha value is -0.910. The van der Waals surface area contributed by atoms with E-state index < -0.39 is 0 Å². The number of thiophene rings is 1. The van der Waals surface area contributed by atoms with Gasteiger partial charge in [-0.3, -0.25) is 10.1 Å². The molecule has 2 unspecified atom stereocenters. The van der Waals surface area contributed by atoms with Gasteiger partial charge in [0.25, 0.3) is 0 Å². The molecule has 1 aliphatic rings. The summed E-state index contributed by atoms with van der Waals surface area (Å²) in [6, 6.07) is 4.69. The lowest BCUT2D eigenvalue weighted by Crippen LogP contribution is -2.39. The molecule has 0 radical (unpaired) electrons. The Morgan fingerprint density at radius 2 is 2.42 bits per heavy atom. The zero-order valence-electron chi connectivity index (χ0n) is 11.9. The maximum atomic E-state index is 12.0. The van der Waals surface area contributed by atoms with Crippen molar-refractivity contribution in [3.63, 3.8) is 0 Å². The van der Waals surface area contributed by atoms with Crippen LogP contribution in [0.4, 0.5) is 0 Å². The standard InChI is InChI=1S/C14H23N3OS/c1-4-11(2)16(3)7-8-17-13(18)10-15-14(17)12-6-5-9-19-12/h5-6,9,11,14-15H,4,7-8,10H2,1-3H3. The zero-order valence-corrected chi connectivity index (χ0v) is 12.7. The quantitative estimate of drug-likeness (QED) is 0.865. The first-order valence-corrected chi connectivity index (χ1v) is 7.78. The number of carbonyl (C=O) groups excluding carboxylic acids is 1. The Bertz CT molecular complexity index is 407. The van der Waals surface area contributed by atoms with E-state index in [2.05, 4.69) is 42.6 Å². The van der Waals surface area contributed by atoms with Crippen LogP contribution in [0.15, 0.2) is 17.5 Å². The first kappa shape index (κ1) is 14.5. The molecule has 0 saturated carbocycles. The minimum absolute atomic E-state index is 0.0674. The van der Waals surface area contributed by atoms with E-state index in [0.717, 1.165) is 19.5 Å². The van der Waals surface area contributed by atoms with Gasteiger partial charge >= 0.3 is 0 Å². The van der Waals surface area contributed by atoms with Crippen LogP contribution in [0.3, 0.4) is 0 Å². The Morgan fingerprint density at radius 1 is 1.63 bits per heavy atom. The molecular weight excluding hydrogens is 258 g/mol. The molecular formula is C14H23N3OS. The summed E-state index contributed by atoms with van der Waals surface area (Å²) in [5.74, 6) is 0.205. The largest absolute Gasteiger partial charge is 0.320 e. The van der Waals surface area contributed by atoms with Crippen molar-refractivity contribution in [3.05, 3.63) is 22.4 Å². The molecule has 2 atom stereocenters. The van der Waals surface area contributed by atoms with Gasteiger partial charge in [-0.15, -0.1) is 11.3 Å². The average Bonchev–Trinajstić information content (AvgIpc) is 3.04. The molecule has 1 aromatic rings. The van der Waals surface area contributed by atoms with E-state index in [1.807, 2.05) is 11.0 Å². The third-order valence-electron chi connectivity index (χ3n) is 3.93. The van der Waals surface area contributed by atoms with Gasteiger partial charge in [-0.05, 0) is 31.8 Å². The lowest BCUT2D eigenvalue weighted by atomic mass is 10.2. The fourth-order valence-corrected chi connectivity index (χ4v) is 3.10. The molecule has 1 aliphatic heterocycles. The number of hydrogen-bond donors (Lipinski definition) is 1. The van der Waals surface area contributed by atoms with Crippen LogP contribution < -0.4 is 5.32 Å². The fraction of sp³-hybridized carbons (Fsp3) is 0.643. The minimum atomic E-state index is 0.0674. The van der Waals surface area contributed by atoms with E-state index in [1.54, 1.807) is 11.3 Å². The molecule has 0 bridgehead atoms. The molecule has 5 heteroatoms. The van der Waals surface area contributed by atoms with E-state index in [-0.39, 0.29) is 12.1 Å². The Kier molecular flexibility index (Phi) is 4.96. The summed E-state index contributed by atoms with van der Waals surface area (Å²) >= 11 is 1.70. The van der Waals surface area contributed by atoms with Crippen LogP contribution in [0.2, 0.25) is 0 Å². The molecule has 1 fully saturated rings. The second-order valence-electron chi connectivity index (χ2n) is 5.12. The Morgan fingerprint density at radius 3 is 3.05 bits per heavy atom. The first-order valence-electron chi connectivity index (χ1n) is 6.90. The molecule has 1 amide bonds. The van der Waals surface area contributed by atoms with Gasteiger partial charge in [-0.2, -0.15) is 0 Å². The molecule has 1 N–H and O–H groups in total. The van der Waals surface area contributed by atoms with E-state index in [4.69, 9.17) is 0 Å². The molecule has 0 aromatic carbocycles. The summed E-state index contributed by atoms with van der Waals surface area (Å²) in [5, 5.41) is 5.35.